The van der Waals surface area contributed by atoms with E-state index in [1.54, 1.807) is 24.3 Å². The lowest BCUT2D eigenvalue weighted by Crippen LogP contribution is -2.26. The molecule has 0 saturated carbocycles. The zero-order valence-corrected chi connectivity index (χ0v) is 16.9. The van der Waals surface area contributed by atoms with Crippen molar-refractivity contribution in [2.24, 2.45) is 5.10 Å². The minimum absolute atomic E-state index is 0.0192. The van der Waals surface area contributed by atoms with Gasteiger partial charge in [0.05, 0.1) is 17.1 Å². The number of nitrogens with one attached hydrogen (secondary N) is 1. The van der Waals surface area contributed by atoms with Gasteiger partial charge >= 0.3 is 0 Å². The highest BCUT2D eigenvalue weighted by atomic mass is 16.6. The zero-order chi connectivity index (χ0) is 22.3. The second kappa shape index (κ2) is 9.53. The number of furan rings is 1. The van der Waals surface area contributed by atoms with Gasteiger partial charge in [0.1, 0.15) is 11.5 Å². The predicted molar refractivity (Wildman–Crippen MR) is 121 cm³/mol. The normalized spacial score (nSPS) is 11.0. The number of nitro groups is 1. The van der Waals surface area contributed by atoms with Crippen molar-refractivity contribution in [1.29, 1.82) is 0 Å². The van der Waals surface area contributed by atoms with Gasteiger partial charge in [-0.2, -0.15) is 5.10 Å². The van der Waals surface area contributed by atoms with E-state index >= 15 is 0 Å². The first kappa shape index (κ1) is 20.7. The maximum Gasteiger partial charge on any atom is 0.270 e. The average Bonchev–Trinajstić information content (AvgIpc) is 3.30. The number of non-ortho nitro benzene ring substituents is 1. The van der Waals surface area contributed by atoms with Crippen LogP contribution in [-0.4, -0.2) is 17.0 Å². The molecule has 4 rings (SSSR count). The van der Waals surface area contributed by atoms with Crippen LogP contribution in [0.4, 0.5) is 5.69 Å². The standard InChI is InChI=1S/C25H19N3O4/c29-25(24(18-8-3-1-4-9-18)19-10-5-2-6-11-19)27-26-17-22-14-15-23(32-22)20-12-7-13-21(16-20)28(30)31/h1-17,24H,(H,27,29). The number of rotatable bonds is 7. The van der Waals surface area contributed by atoms with Crippen LogP contribution in [0.2, 0.25) is 0 Å². The van der Waals surface area contributed by atoms with E-state index in [1.807, 2.05) is 60.7 Å². The third kappa shape index (κ3) is 4.79. The summed E-state index contributed by atoms with van der Waals surface area (Å²) in [4.78, 5) is 23.5. The van der Waals surface area contributed by atoms with Crippen LogP contribution in [0.5, 0.6) is 0 Å². The van der Waals surface area contributed by atoms with Crippen LogP contribution in [0.15, 0.2) is 107 Å². The minimum atomic E-state index is -0.508. The van der Waals surface area contributed by atoms with E-state index in [0.29, 0.717) is 17.1 Å². The summed E-state index contributed by atoms with van der Waals surface area (Å²) in [6.45, 7) is 0. The van der Waals surface area contributed by atoms with Crippen LogP contribution >= 0.6 is 0 Å². The van der Waals surface area contributed by atoms with Crippen LogP contribution < -0.4 is 5.43 Å². The molecule has 0 spiro atoms. The van der Waals surface area contributed by atoms with Gasteiger partial charge in [0, 0.05) is 17.7 Å². The fourth-order valence-corrected chi connectivity index (χ4v) is 3.36. The van der Waals surface area contributed by atoms with Crippen molar-refractivity contribution in [3.63, 3.8) is 0 Å². The molecule has 7 heteroatoms. The van der Waals surface area contributed by atoms with E-state index in [0.717, 1.165) is 11.1 Å². The van der Waals surface area contributed by atoms with E-state index in [1.165, 1.54) is 18.3 Å². The Balaban J connectivity index is 1.49. The monoisotopic (exact) mass is 425 g/mol. The summed E-state index contributed by atoms with van der Waals surface area (Å²) in [5.74, 6) is 0.0893. The molecule has 3 aromatic carbocycles. The molecule has 0 atom stereocenters. The molecule has 0 aliphatic rings. The van der Waals surface area contributed by atoms with Crippen LogP contribution in [-0.2, 0) is 4.79 Å². The van der Waals surface area contributed by atoms with E-state index in [4.69, 9.17) is 4.42 Å². The lowest BCUT2D eigenvalue weighted by molar-refractivity contribution is -0.384. The third-order valence-electron chi connectivity index (χ3n) is 4.86. The van der Waals surface area contributed by atoms with Crippen molar-refractivity contribution < 1.29 is 14.1 Å². The van der Waals surface area contributed by atoms with Gasteiger partial charge in [-0.15, -0.1) is 0 Å². The number of benzene rings is 3. The third-order valence-corrected chi connectivity index (χ3v) is 4.86. The Bertz CT molecular complexity index is 1210. The summed E-state index contributed by atoms with van der Waals surface area (Å²) in [6.07, 6.45) is 1.39. The number of carbonyl (C=O) groups excluding carboxylic acids is 1. The van der Waals surface area contributed by atoms with E-state index in [2.05, 4.69) is 10.5 Å². The summed E-state index contributed by atoms with van der Waals surface area (Å²) >= 11 is 0. The quantitative estimate of drug-likeness (QED) is 0.252. The van der Waals surface area contributed by atoms with Crippen molar-refractivity contribution in [2.45, 2.75) is 5.92 Å². The summed E-state index contributed by atoms with van der Waals surface area (Å²) in [6, 6.07) is 28.5. The molecule has 0 aliphatic heterocycles. The molecule has 1 heterocycles. The van der Waals surface area contributed by atoms with Crippen molar-refractivity contribution in [2.75, 3.05) is 0 Å². The van der Waals surface area contributed by atoms with E-state index < -0.39 is 10.8 Å². The number of amides is 1. The maximum atomic E-state index is 12.9. The number of hydrogen-bond donors (Lipinski definition) is 1. The van der Waals surface area contributed by atoms with Crippen molar-refractivity contribution in [1.82, 2.24) is 5.43 Å². The lowest BCUT2D eigenvalue weighted by Gasteiger charge is -2.16. The number of nitrogens with zero attached hydrogens (tertiary/aromatic N) is 2. The van der Waals surface area contributed by atoms with Crippen molar-refractivity contribution in [3.8, 4) is 11.3 Å². The molecular formula is C25H19N3O4. The topological polar surface area (TPSA) is 97.7 Å². The Morgan fingerprint density at radius 3 is 2.19 bits per heavy atom. The first-order chi connectivity index (χ1) is 15.6. The molecule has 4 aromatic rings. The second-order valence-electron chi connectivity index (χ2n) is 7.00. The largest absolute Gasteiger partial charge is 0.455 e. The first-order valence-corrected chi connectivity index (χ1v) is 9.89. The van der Waals surface area contributed by atoms with Crippen LogP contribution in [0.25, 0.3) is 11.3 Å². The molecule has 0 saturated heterocycles. The predicted octanol–water partition coefficient (Wildman–Crippen LogP) is 5.14. The van der Waals surface area contributed by atoms with Gasteiger partial charge in [-0.25, -0.2) is 5.43 Å². The Kier molecular flexibility index (Phi) is 6.17. The van der Waals surface area contributed by atoms with Gasteiger partial charge in [0.15, 0.2) is 0 Å². The van der Waals surface area contributed by atoms with Gasteiger partial charge in [-0.3, -0.25) is 14.9 Å². The Morgan fingerprint density at radius 1 is 0.906 bits per heavy atom. The van der Waals surface area contributed by atoms with Crippen LogP contribution in [0.3, 0.4) is 0 Å². The zero-order valence-electron chi connectivity index (χ0n) is 16.9. The molecule has 0 fully saturated rings. The second-order valence-corrected chi connectivity index (χ2v) is 7.00. The first-order valence-electron chi connectivity index (χ1n) is 9.89. The molecule has 0 unspecified atom stereocenters. The highest BCUT2D eigenvalue weighted by molar-refractivity contribution is 5.88. The number of hydrogen-bond acceptors (Lipinski definition) is 5. The molecular weight excluding hydrogens is 406 g/mol. The molecule has 1 amide bonds. The average molecular weight is 425 g/mol. The molecule has 0 radical (unpaired) electrons. The molecule has 0 bridgehead atoms. The number of hydrazone groups is 1. The Hall–Kier alpha value is -4.52. The fraction of sp³-hybridized carbons (Fsp3) is 0.0400. The van der Waals surface area contributed by atoms with Gasteiger partial charge in [0.25, 0.3) is 11.6 Å². The molecule has 0 aliphatic carbocycles. The summed E-state index contributed by atoms with van der Waals surface area (Å²) in [5.41, 5.74) is 4.86. The molecule has 7 nitrogen and oxygen atoms in total. The molecule has 32 heavy (non-hydrogen) atoms. The van der Waals surface area contributed by atoms with E-state index in [9.17, 15) is 14.9 Å². The van der Waals surface area contributed by atoms with Gasteiger partial charge < -0.3 is 4.42 Å². The maximum absolute atomic E-state index is 12.9. The van der Waals surface area contributed by atoms with Gasteiger partial charge in [-0.05, 0) is 23.3 Å². The SMILES string of the molecule is O=C(NN=Cc1ccc(-c2cccc([N+](=O)[O-])c2)o1)C(c1ccccc1)c1ccccc1. The molecule has 1 N–H and O–H groups in total. The summed E-state index contributed by atoms with van der Waals surface area (Å²) in [5, 5.41) is 15.0. The summed E-state index contributed by atoms with van der Waals surface area (Å²) < 4.78 is 5.69. The van der Waals surface area contributed by atoms with Crippen molar-refractivity contribution >= 4 is 17.8 Å². The van der Waals surface area contributed by atoms with Crippen LogP contribution in [0.1, 0.15) is 22.8 Å². The van der Waals surface area contributed by atoms with E-state index in [-0.39, 0.29) is 11.6 Å². The Morgan fingerprint density at radius 2 is 1.56 bits per heavy atom. The highest BCUT2D eigenvalue weighted by Crippen LogP contribution is 2.26. The minimum Gasteiger partial charge on any atom is -0.455 e. The summed E-state index contributed by atoms with van der Waals surface area (Å²) in [7, 11) is 0. The van der Waals surface area contributed by atoms with Crippen molar-refractivity contribution in [3.05, 3.63) is 124 Å². The fourth-order valence-electron chi connectivity index (χ4n) is 3.36. The van der Waals surface area contributed by atoms with Gasteiger partial charge in [0.2, 0.25) is 0 Å². The van der Waals surface area contributed by atoms with Gasteiger partial charge in [-0.1, -0.05) is 72.8 Å². The number of nitro benzene ring substituents is 1. The number of carbonyl (C=O) groups is 1. The van der Waals surface area contributed by atoms with Crippen LogP contribution in [0, 0.1) is 10.1 Å². The Labute approximate surface area is 184 Å². The molecule has 1 aromatic heterocycles. The smallest absolute Gasteiger partial charge is 0.270 e. The molecule has 158 valence electrons. The lowest BCUT2D eigenvalue weighted by atomic mass is 9.91. The highest BCUT2D eigenvalue weighted by Gasteiger charge is 2.22.